The Hall–Kier alpha value is -2.82. The van der Waals surface area contributed by atoms with E-state index in [1.165, 1.54) is 10.7 Å². The lowest BCUT2D eigenvalue weighted by atomic mass is 9.93. The Kier molecular flexibility index (Phi) is 9.51. The highest BCUT2D eigenvalue weighted by Crippen LogP contribution is 2.24. The lowest BCUT2D eigenvalue weighted by Crippen LogP contribution is -2.49. The number of benzene rings is 1. The summed E-state index contributed by atoms with van der Waals surface area (Å²) >= 11 is 1.76. The number of piperazine rings is 1. The molecule has 1 amide bonds. The van der Waals surface area contributed by atoms with E-state index in [9.17, 15) is 4.79 Å². The van der Waals surface area contributed by atoms with E-state index in [-0.39, 0.29) is 11.3 Å². The highest BCUT2D eigenvalue weighted by Gasteiger charge is 2.23. The van der Waals surface area contributed by atoms with E-state index in [0.717, 1.165) is 38.4 Å². The third kappa shape index (κ3) is 8.56. The molecular formula is C23H32N4O5S. The van der Waals surface area contributed by atoms with Gasteiger partial charge in [0.05, 0.1) is 18.8 Å². The Balaban J connectivity index is 0.000000569. The molecule has 3 rings (SSSR count). The van der Waals surface area contributed by atoms with E-state index in [1.54, 1.807) is 16.2 Å². The van der Waals surface area contributed by atoms with Gasteiger partial charge in [0.15, 0.2) is 0 Å². The number of carbonyl (C=O) groups is 3. The zero-order valence-corrected chi connectivity index (χ0v) is 20.3. The molecule has 1 aromatic carbocycles. The first-order chi connectivity index (χ1) is 15.5. The van der Waals surface area contributed by atoms with Gasteiger partial charge in [-0.15, -0.1) is 11.3 Å². The first kappa shape index (κ1) is 26.4. The van der Waals surface area contributed by atoms with E-state index in [4.69, 9.17) is 24.8 Å². The molecule has 0 saturated carbocycles. The van der Waals surface area contributed by atoms with Gasteiger partial charge >= 0.3 is 11.9 Å². The second-order valence-electron chi connectivity index (χ2n) is 8.83. The summed E-state index contributed by atoms with van der Waals surface area (Å²) in [4.78, 5) is 42.0. The molecule has 1 aromatic heterocycles. The first-order valence-corrected chi connectivity index (χ1v) is 11.5. The summed E-state index contributed by atoms with van der Waals surface area (Å²) in [5, 5.41) is 18.2. The number of aromatic nitrogens is 1. The summed E-state index contributed by atoms with van der Waals surface area (Å²) < 4.78 is 0. The largest absolute Gasteiger partial charge is 0.473 e. The maximum atomic E-state index is 12.5. The molecule has 0 spiro atoms. The van der Waals surface area contributed by atoms with Crippen molar-refractivity contribution in [2.24, 2.45) is 0 Å². The molecule has 1 aliphatic heterocycles. The van der Waals surface area contributed by atoms with Crippen LogP contribution >= 0.6 is 11.3 Å². The highest BCUT2D eigenvalue weighted by atomic mass is 32.1. The Morgan fingerprint density at radius 2 is 1.55 bits per heavy atom. The SMILES string of the molecule is CN(C(=O)CN1CCN(Cc2nc(C(C)(C)C)cs2)CC1)c1ccccc1.O=C(O)C(=O)O. The van der Waals surface area contributed by atoms with E-state index < -0.39 is 11.9 Å². The molecular weight excluding hydrogens is 444 g/mol. The van der Waals surface area contributed by atoms with E-state index in [1.807, 2.05) is 37.4 Å². The number of amides is 1. The van der Waals surface area contributed by atoms with Crippen molar-refractivity contribution in [3.63, 3.8) is 0 Å². The molecule has 2 aromatic rings. The molecule has 10 heteroatoms. The monoisotopic (exact) mass is 476 g/mol. The number of aliphatic carboxylic acids is 2. The topological polar surface area (TPSA) is 114 Å². The third-order valence-electron chi connectivity index (χ3n) is 5.20. The zero-order chi connectivity index (χ0) is 24.6. The van der Waals surface area contributed by atoms with Crippen LogP contribution in [-0.2, 0) is 26.3 Å². The van der Waals surface area contributed by atoms with E-state index in [2.05, 4.69) is 36.0 Å². The van der Waals surface area contributed by atoms with Gasteiger partial charge in [0.25, 0.3) is 0 Å². The molecule has 2 heterocycles. The maximum Gasteiger partial charge on any atom is 0.414 e. The standard InChI is InChI=1S/C21H30N4OS.C2H2O4/c1-21(2,3)18-16-27-19(22-18)14-24-10-12-25(13-11-24)15-20(26)23(4)17-8-6-5-7-9-17;3-1(4)2(5)6/h5-9,16H,10-15H2,1-4H3;(H,3,4)(H,5,6). The van der Waals surface area contributed by atoms with Crippen LogP contribution in [0.1, 0.15) is 31.5 Å². The van der Waals surface area contributed by atoms with E-state index in [0.29, 0.717) is 6.54 Å². The summed E-state index contributed by atoms with van der Waals surface area (Å²) in [5.41, 5.74) is 2.23. The second kappa shape index (κ2) is 11.9. The van der Waals surface area contributed by atoms with Crippen LogP contribution in [0, 0.1) is 0 Å². The second-order valence-corrected chi connectivity index (χ2v) is 9.77. The predicted molar refractivity (Wildman–Crippen MR) is 128 cm³/mol. The van der Waals surface area contributed by atoms with Crippen LogP contribution in [0.4, 0.5) is 5.69 Å². The Morgan fingerprint density at radius 3 is 2.03 bits per heavy atom. The van der Waals surface area contributed by atoms with Gasteiger partial charge in [-0.3, -0.25) is 14.6 Å². The van der Waals surface area contributed by atoms with Gasteiger partial charge in [-0.05, 0) is 12.1 Å². The molecule has 0 atom stereocenters. The van der Waals surface area contributed by atoms with Crippen LogP contribution in [0.3, 0.4) is 0 Å². The lowest BCUT2D eigenvalue weighted by Gasteiger charge is -2.34. The van der Waals surface area contributed by atoms with Gasteiger partial charge in [-0.1, -0.05) is 39.0 Å². The molecule has 0 aliphatic carbocycles. The number of anilines is 1. The molecule has 2 N–H and O–H groups in total. The summed E-state index contributed by atoms with van der Waals surface area (Å²) in [5.74, 6) is -3.51. The molecule has 1 fully saturated rings. The van der Waals surface area contributed by atoms with Gasteiger partial charge in [-0.2, -0.15) is 0 Å². The van der Waals surface area contributed by atoms with Gasteiger partial charge < -0.3 is 15.1 Å². The minimum atomic E-state index is -1.82. The number of thiazole rings is 1. The Labute approximate surface area is 198 Å². The molecule has 0 bridgehead atoms. The minimum Gasteiger partial charge on any atom is -0.473 e. The van der Waals surface area contributed by atoms with Gasteiger partial charge in [-0.25, -0.2) is 14.6 Å². The Morgan fingerprint density at radius 1 is 1.00 bits per heavy atom. The number of hydrogen-bond acceptors (Lipinski definition) is 7. The van der Waals surface area contributed by atoms with Crippen molar-refractivity contribution in [1.82, 2.24) is 14.8 Å². The van der Waals surface area contributed by atoms with Crippen molar-refractivity contribution < 1.29 is 24.6 Å². The van der Waals surface area contributed by atoms with Crippen molar-refractivity contribution in [2.45, 2.75) is 32.7 Å². The summed E-state index contributed by atoms with van der Waals surface area (Å²) in [6.07, 6.45) is 0. The van der Waals surface area contributed by atoms with Crippen molar-refractivity contribution in [3.8, 4) is 0 Å². The number of rotatable bonds is 5. The number of likely N-dealkylation sites (N-methyl/N-ethyl adjacent to an activating group) is 1. The fourth-order valence-corrected chi connectivity index (χ4v) is 4.18. The predicted octanol–water partition coefficient (Wildman–Crippen LogP) is 2.38. The van der Waals surface area contributed by atoms with Crippen LogP contribution in [0.25, 0.3) is 0 Å². The quantitative estimate of drug-likeness (QED) is 0.632. The van der Waals surface area contributed by atoms with Crippen LogP contribution < -0.4 is 4.90 Å². The average molecular weight is 477 g/mol. The van der Waals surface area contributed by atoms with Crippen molar-refractivity contribution in [2.75, 3.05) is 44.7 Å². The number of carbonyl (C=O) groups excluding carboxylic acids is 1. The van der Waals surface area contributed by atoms with Gasteiger partial charge in [0.1, 0.15) is 5.01 Å². The molecule has 1 saturated heterocycles. The third-order valence-corrected chi connectivity index (χ3v) is 6.04. The smallest absolute Gasteiger partial charge is 0.414 e. The molecule has 1 aliphatic rings. The van der Waals surface area contributed by atoms with Gasteiger partial charge in [0, 0.05) is 49.7 Å². The number of carboxylic acid groups (broad SMARTS) is 2. The number of nitrogens with zero attached hydrogens (tertiary/aromatic N) is 4. The fraction of sp³-hybridized carbons (Fsp3) is 0.478. The highest BCUT2D eigenvalue weighted by molar-refractivity contribution is 7.09. The normalized spacial score (nSPS) is 14.8. The number of carboxylic acids is 2. The van der Waals surface area contributed by atoms with Crippen molar-refractivity contribution >= 4 is 34.9 Å². The summed E-state index contributed by atoms with van der Waals surface area (Å²) in [6.45, 7) is 11.8. The zero-order valence-electron chi connectivity index (χ0n) is 19.5. The minimum absolute atomic E-state index is 0.110. The van der Waals surface area contributed by atoms with Gasteiger partial charge in [0.2, 0.25) is 5.91 Å². The average Bonchev–Trinajstić information content (AvgIpc) is 3.24. The van der Waals surface area contributed by atoms with Crippen LogP contribution in [0.2, 0.25) is 0 Å². The summed E-state index contributed by atoms with van der Waals surface area (Å²) in [6, 6.07) is 9.82. The lowest BCUT2D eigenvalue weighted by molar-refractivity contribution is -0.159. The van der Waals surface area contributed by atoms with E-state index >= 15 is 0 Å². The van der Waals surface area contributed by atoms with Crippen molar-refractivity contribution in [1.29, 1.82) is 0 Å². The molecule has 33 heavy (non-hydrogen) atoms. The number of hydrogen-bond donors (Lipinski definition) is 2. The molecule has 0 radical (unpaired) electrons. The molecule has 0 unspecified atom stereocenters. The number of para-hydroxylation sites is 1. The first-order valence-electron chi connectivity index (χ1n) is 10.6. The molecule has 180 valence electrons. The Bertz CT molecular complexity index is 922. The summed E-state index contributed by atoms with van der Waals surface area (Å²) in [7, 11) is 1.85. The maximum absolute atomic E-state index is 12.5. The van der Waals surface area contributed by atoms with Crippen LogP contribution in [0.15, 0.2) is 35.7 Å². The van der Waals surface area contributed by atoms with Crippen LogP contribution in [-0.4, -0.2) is 82.6 Å². The van der Waals surface area contributed by atoms with Crippen molar-refractivity contribution in [3.05, 3.63) is 46.4 Å². The van der Waals surface area contributed by atoms with Crippen LogP contribution in [0.5, 0.6) is 0 Å². The fourth-order valence-electron chi connectivity index (χ4n) is 3.12. The molecule has 9 nitrogen and oxygen atoms in total.